The highest BCUT2D eigenvalue weighted by Gasteiger charge is 2.32. The number of hydrogen-bond donors (Lipinski definition) is 1. The van der Waals surface area contributed by atoms with Gasteiger partial charge in [0.1, 0.15) is 5.75 Å². The van der Waals surface area contributed by atoms with Crippen molar-refractivity contribution < 1.29 is 23.9 Å². The van der Waals surface area contributed by atoms with Gasteiger partial charge in [-0.1, -0.05) is 26.0 Å². The number of likely N-dealkylation sites (N-methyl/N-ethyl adjacent to an activating group) is 1. The maximum atomic E-state index is 13.1. The van der Waals surface area contributed by atoms with E-state index in [9.17, 15) is 14.4 Å². The fourth-order valence-electron chi connectivity index (χ4n) is 4.64. The molecule has 1 aromatic heterocycles. The molecule has 0 bridgehead atoms. The van der Waals surface area contributed by atoms with E-state index in [-0.39, 0.29) is 6.42 Å². The zero-order valence-electron chi connectivity index (χ0n) is 21.6. The minimum Gasteiger partial charge on any atom is -0.426 e. The van der Waals surface area contributed by atoms with Crippen molar-refractivity contribution in [2.24, 2.45) is 0 Å². The summed E-state index contributed by atoms with van der Waals surface area (Å²) in [6, 6.07) is 9.10. The van der Waals surface area contributed by atoms with E-state index in [2.05, 4.69) is 9.88 Å². The first-order valence-electron chi connectivity index (χ1n) is 11.7. The molecule has 0 fully saturated rings. The summed E-state index contributed by atoms with van der Waals surface area (Å²) >= 11 is 0. The number of aryl methyl sites for hydroxylation is 2. The average molecular weight is 479 g/mol. The van der Waals surface area contributed by atoms with E-state index in [0.29, 0.717) is 11.3 Å². The first kappa shape index (κ1) is 26.2. The SMILES string of the molecule is CC(=O)Oc1cc(C)cc(C)c1C(C)(C)CC(=O)OC(=O)c1cccc2[nH]cc(CCN(C)C)c12. The highest BCUT2D eigenvalue weighted by molar-refractivity contribution is 6.08. The van der Waals surface area contributed by atoms with E-state index in [1.807, 2.05) is 60.1 Å². The number of ether oxygens (including phenoxy) is 2. The first-order valence-corrected chi connectivity index (χ1v) is 11.7. The predicted molar refractivity (Wildman–Crippen MR) is 136 cm³/mol. The van der Waals surface area contributed by atoms with Gasteiger partial charge in [-0.2, -0.15) is 0 Å². The van der Waals surface area contributed by atoms with Crippen molar-refractivity contribution in [3.63, 3.8) is 0 Å². The van der Waals surface area contributed by atoms with Crippen LogP contribution in [0.25, 0.3) is 10.9 Å². The number of nitrogens with zero attached hydrogens (tertiary/aromatic N) is 1. The Kier molecular flexibility index (Phi) is 7.80. The van der Waals surface area contributed by atoms with Gasteiger partial charge in [-0.3, -0.25) is 9.59 Å². The Hall–Kier alpha value is -3.45. The number of aromatic nitrogens is 1. The van der Waals surface area contributed by atoms with Crippen LogP contribution < -0.4 is 4.74 Å². The summed E-state index contributed by atoms with van der Waals surface area (Å²) in [7, 11) is 3.99. The summed E-state index contributed by atoms with van der Waals surface area (Å²) in [6.45, 7) is 9.73. The van der Waals surface area contributed by atoms with Crippen molar-refractivity contribution in [3.05, 3.63) is 64.3 Å². The molecule has 0 atom stereocenters. The monoisotopic (exact) mass is 478 g/mol. The molecule has 1 N–H and O–H groups in total. The number of hydrogen-bond acceptors (Lipinski definition) is 6. The van der Waals surface area contributed by atoms with Crippen LogP contribution in [0.3, 0.4) is 0 Å². The van der Waals surface area contributed by atoms with E-state index in [4.69, 9.17) is 9.47 Å². The molecule has 7 heteroatoms. The molecule has 0 aliphatic carbocycles. The molecule has 0 saturated heterocycles. The molecule has 1 heterocycles. The third-order valence-corrected chi connectivity index (χ3v) is 6.00. The Labute approximate surface area is 206 Å². The largest absolute Gasteiger partial charge is 0.426 e. The van der Waals surface area contributed by atoms with Crippen LogP contribution in [-0.2, 0) is 26.2 Å². The van der Waals surface area contributed by atoms with Gasteiger partial charge in [-0.15, -0.1) is 0 Å². The molecule has 7 nitrogen and oxygen atoms in total. The molecule has 0 aliphatic rings. The molecule has 0 spiro atoms. The zero-order valence-corrected chi connectivity index (χ0v) is 21.6. The van der Waals surface area contributed by atoms with E-state index >= 15 is 0 Å². The second-order valence-corrected chi connectivity index (χ2v) is 9.97. The molecule has 3 aromatic rings. The first-order chi connectivity index (χ1) is 16.4. The van der Waals surface area contributed by atoms with E-state index < -0.39 is 23.3 Å². The maximum absolute atomic E-state index is 13.1. The van der Waals surface area contributed by atoms with Crippen LogP contribution in [0.5, 0.6) is 5.75 Å². The number of H-pyrrole nitrogens is 1. The zero-order chi connectivity index (χ0) is 25.9. The van der Waals surface area contributed by atoms with Crippen LogP contribution in [0.15, 0.2) is 36.5 Å². The van der Waals surface area contributed by atoms with Crippen LogP contribution in [0, 0.1) is 13.8 Å². The van der Waals surface area contributed by atoms with Gasteiger partial charge in [0.2, 0.25) is 0 Å². The molecular weight excluding hydrogens is 444 g/mol. The number of nitrogens with one attached hydrogen (secondary N) is 1. The number of carbonyl (C=O) groups is 3. The number of benzene rings is 2. The van der Waals surface area contributed by atoms with Crippen LogP contribution in [0.4, 0.5) is 0 Å². The average Bonchev–Trinajstić information content (AvgIpc) is 3.13. The summed E-state index contributed by atoms with van der Waals surface area (Å²) < 4.78 is 10.8. The number of fused-ring (bicyclic) bond motifs is 1. The third-order valence-electron chi connectivity index (χ3n) is 6.00. The normalized spacial score (nSPS) is 11.7. The molecule has 35 heavy (non-hydrogen) atoms. The number of esters is 3. The Balaban J connectivity index is 1.84. The number of rotatable bonds is 8. The van der Waals surface area contributed by atoms with Crippen LogP contribution in [0.1, 0.15) is 59.8 Å². The van der Waals surface area contributed by atoms with Crippen LogP contribution >= 0.6 is 0 Å². The van der Waals surface area contributed by atoms with Gasteiger partial charge in [0.25, 0.3) is 0 Å². The highest BCUT2D eigenvalue weighted by atomic mass is 16.6. The van der Waals surface area contributed by atoms with Crippen LogP contribution in [0.2, 0.25) is 0 Å². The van der Waals surface area contributed by atoms with Gasteiger partial charge in [-0.05, 0) is 69.3 Å². The van der Waals surface area contributed by atoms with Crippen molar-refractivity contribution in [1.29, 1.82) is 0 Å². The Bertz CT molecular complexity index is 1270. The van der Waals surface area contributed by atoms with Gasteiger partial charge in [0.05, 0.1) is 12.0 Å². The van der Waals surface area contributed by atoms with Crippen molar-refractivity contribution in [3.8, 4) is 5.75 Å². The summed E-state index contributed by atoms with van der Waals surface area (Å²) in [5, 5.41) is 0.776. The van der Waals surface area contributed by atoms with Gasteiger partial charge >= 0.3 is 17.9 Å². The lowest BCUT2D eigenvalue weighted by atomic mass is 9.78. The Morgan fingerprint density at radius 1 is 1.09 bits per heavy atom. The second-order valence-electron chi connectivity index (χ2n) is 9.97. The molecule has 0 radical (unpaired) electrons. The minimum atomic E-state index is -0.739. The van der Waals surface area contributed by atoms with Gasteiger partial charge < -0.3 is 19.4 Å². The summed E-state index contributed by atoms with van der Waals surface area (Å²) in [6.07, 6.45) is 2.59. The second kappa shape index (κ2) is 10.4. The third kappa shape index (κ3) is 6.17. The Morgan fingerprint density at radius 2 is 1.80 bits per heavy atom. The van der Waals surface area contributed by atoms with Crippen molar-refractivity contribution in [2.75, 3.05) is 20.6 Å². The molecule has 186 valence electrons. The van der Waals surface area contributed by atoms with E-state index in [0.717, 1.165) is 46.1 Å². The molecule has 0 aliphatic heterocycles. The maximum Gasteiger partial charge on any atom is 0.346 e. The summed E-state index contributed by atoms with van der Waals surface area (Å²) in [4.78, 5) is 42.9. The fourth-order valence-corrected chi connectivity index (χ4v) is 4.64. The van der Waals surface area contributed by atoms with Crippen molar-refractivity contribution >= 4 is 28.8 Å². The fraction of sp³-hybridized carbons (Fsp3) is 0.393. The van der Waals surface area contributed by atoms with Crippen molar-refractivity contribution in [1.82, 2.24) is 9.88 Å². The summed E-state index contributed by atoms with van der Waals surface area (Å²) in [5.41, 5.74) is 4.01. The quantitative estimate of drug-likeness (QED) is 0.282. The van der Waals surface area contributed by atoms with Crippen molar-refractivity contribution in [2.45, 2.75) is 52.9 Å². The number of aromatic amines is 1. The molecule has 3 rings (SSSR count). The lowest BCUT2D eigenvalue weighted by Crippen LogP contribution is -2.27. The van der Waals surface area contributed by atoms with Crippen LogP contribution in [-0.4, -0.2) is 48.4 Å². The van der Waals surface area contributed by atoms with E-state index in [1.165, 1.54) is 6.92 Å². The topological polar surface area (TPSA) is 88.7 Å². The highest BCUT2D eigenvalue weighted by Crippen LogP contribution is 2.38. The Morgan fingerprint density at radius 3 is 2.46 bits per heavy atom. The standard InChI is InChI=1S/C28H34N2O5/c1-17-13-18(2)26(23(14-17)34-19(3)31)28(4,5)15-24(32)35-27(33)21-9-8-10-22-25(21)20(16-29-22)11-12-30(6)7/h8-10,13-14,16,29H,11-12,15H2,1-7H3. The minimum absolute atomic E-state index is 0.0620. The van der Waals surface area contributed by atoms with Gasteiger partial charge in [0.15, 0.2) is 0 Å². The molecule has 0 amide bonds. The smallest absolute Gasteiger partial charge is 0.346 e. The molecule has 0 saturated carbocycles. The lowest BCUT2D eigenvalue weighted by molar-refractivity contribution is -0.139. The predicted octanol–water partition coefficient (Wildman–Crippen LogP) is 4.87. The molecular formula is C28H34N2O5. The van der Waals surface area contributed by atoms with Gasteiger partial charge in [-0.25, -0.2) is 4.79 Å². The summed E-state index contributed by atoms with van der Waals surface area (Å²) in [5.74, 6) is -1.34. The van der Waals surface area contributed by atoms with Gasteiger partial charge in [0, 0.05) is 41.5 Å². The van der Waals surface area contributed by atoms with E-state index in [1.54, 1.807) is 18.2 Å². The lowest BCUT2D eigenvalue weighted by Gasteiger charge is -2.28. The molecule has 2 aromatic carbocycles. The number of carbonyl (C=O) groups excluding carboxylic acids is 3. The molecule has 0 unspecified atom stereocenters.